The van der Waals surface area contributed by atoms with Gasteiger partial charge in [-0.1, -0.05) is 70.9 Å². The summed E-state index contributed by atoms with van der Waals surface area (Å²) in [5.41, 5.74) is 1.97. The number of hydrogen-bond donors (Lipinski definition) is 2. The summed E-state index contributed by atoms with van der Waals surface area (Å²) in [5.74, 6) is -1.64. The van der Waals surface area contributed by atoms with E-state index in [2.05, 4.69) is 10.3 Å². The lowest BCUT2D eigenvalue weighted by Gasteiger charge is -2.43. The summed E-state index contributed by atoms with van der Waals surface area (Å²) in [6.45, 7) is -0.247. The highest BCUT2D eigenvalue weighted by Gasteiger charge is 2.69. The van der Waals surface area contributed by atoms with Gasteiger partial charge in [0.15, 0.2) is 6.61 Å². The number of amides is 3. The SMILES string of the molecule is O=C(COc1ccc(Cl)cc1[C@H]1c2sc(=O)[nH]c2SC2C1[C@H]1C[C@@H]2C2C(=O)N(c3ccc(Cl)cc3)C(=O)C21)Nc1cccc2ccccc12. The van der Waals surface area contributed by atoms with Gasteiger partial charge < -0.3 is 15.0 Å². The number of anilines is 2. The molecule has 2 N–H and O–H groups in total. The van der Waals surface area contributed by atoms with E-state index in [0.717, 1.165) is 44.0 Å². The molecule has 2 aliphatic carbocycles. The van der Waals surface area contributed by atoms with Crippen molar-refractivity contribution in [2.75, 3.05) is 16.8 Å². The Morgan fingerprint density at radius 1 is 0.898 bits per heavy atom. The summed E-state index contributed by atoms with van der Waals surface area (Å²) in [6.07, 6.45) is 0.740. The van der Waals surface area contributed by atoms with Crippen LogP contribution in [0.15, 0.2) is 94.7 Å². The fourth-order valence-electron chi connectivity index (χ4n) is 8.77. The van der Waals surface area contributed by atoms with Gasteiger partial charge in [-0.15, -0.1) is 11.8 Å². The number of thiazole rings is 1. The summed E-state index contributed by atoms with van der Waals surface area (Å²) in [5, 5.41) is 6.69. The average Bonchev–Trinajstić information content (AvgIpc) is 3.83. The van der Waals surface area contributed by atoms with E-state index in [4.69, 9.17) is 27.9 Å². The van der Waals surface area contributed by atoms with Gasteiger partial charge in [-0.3, -0.25) is 24.1 Å². The first kappa shape index (κ1) is 30.9. The van der Waals surface area contributed by atoms with Crippen LogP contribution in [0.2, 0.25) is 10.0 Å². The van der Waals surface area contributed by atoms with Gasteiger partial charge in [-0.2, -0.15) is 0 Å². The number of carbonyl (C=O) groups excluding carboxylic acids is 3. The van der Waals surface area contributed by atoms with Crippen molar-refractivity contribution in [2.45, 2.75) is 22.6 Å². The van der Waals surface area contributed by atoms with Crippen LogP contribution in [-0.2, 0) is 14.4 Å². The molecule has 4 aromatic carbocycles. The first-order chi connectivity index (χ1) is 23.8. The molecular weight excluding hydrogens is 701 g/mol. The number of nitrogens with one attached hydrogen (secondary N) is 2. The number of thioether (sulfide) groups is 1. The maximum absolute atomic E-state index is 14.1. The fraction of sp³-hybridized carbons (Fsp3) is 0.243. The Hall–Kier alpha value is -4.09. The van der Waals surface area contributed by atoms with Gasteiger partial charge in [0.05, 0.1) is 22.5 Å². The number of fused-ring (bicyclic) bond motifs is 10. The third kappa shape index (κ3) is 4.94. The number of carbonyl (C=O) groups is 3. The van der Waals surface area contributed by atoms with Crippen LogP contribution in [0.1, 0.15) is 22.8 Å². The van der Waals surface area contributed by atoms with Crippen molar-refractivity contribution in [1.29, 1.82) is 0 Å². The quantitative estimate of drug-likeness (QED) is 0.175. The minimum Gasteiger partial charge on any atom is -0.483 e. The molecule has 8 nitrogen and oxygen atoms in total. The second kappa shape index (κ2) is 11.8. The Labute approximate surface area is 298 Å². The molecule has 2 bridgehead atoms. The number of H-pyrrole nitrogens is 1. The van der Waals surface area contributed by atoms with Crippen LogP contribution < -0.4 is 19.8 Å². The van der Waals surface area contributed by atoms with Gasteiger partial charge in [0.2, 0.25) is 11.8 Å². The van der Waals surface area contributed by atoms with E-state index in [0.29, 0.717) is 27.2 Å². The topological polar surface area (TPSA) is 109 Å². The lowest BCUT2D eigenvalue weighted by molar-refractivity contribution is -0.123. The molecule has 5 aromatic rings. The zero-order valence-corrected chi connectivity index (χ0v) is 28.7. The smallest absolute Gasteiger partial charge is 0.305 e. The molecule has 7 atom stereocenters. The van der Waals surface area contributed by atoms with E-state index in [1.807, 2.05) is 48.5 Å². The third-order valence-electron chi connectivity index (χ3n) is 10.5. The van der Waals surface area contributed by atoms with Crippen molar-refractivity contribution in [3.05, 3.63) is 115 Å². The Morgan fingerprint density at radius 2 is 1.63 bits per heavy atom. The van der Waals surface area contributed by atoms with E-state index in [9.17, 15) is 19.2 Å². The van der Waals surface area contributed by atoms with Gasteiger partial charge in [0.25, 0.3) is 5.91 Å². The highest BCUT2D eigenvalue weighted by atomic mass is 35.5. The monoisotopic (exact) mass is 727 g/mol. The Bertz CT molecular complexity index is 2250. The molecule has 3 amide bonds. The van der Waals surface area contributed by atoms with Crippen LogP contribution in [-0.4, -0.2) is 34.6 Å². The van der Waals surface area contributed by atoms with Gasteiger partial charge >= 0.3 is 4.87 Å². The average molecular weight is 729 g/mol. The molecule has 12 heteroatoms. The van der Waals surface area contributed by atoms with E-state index < -0.39 is 11.8 Å². The molecule has 0 spiro atoms. The molecule has 49 heavy (non-hydrogen) atoms. The lowest BCUT2D eigenvalue weighted by Crippen LogP contribution is -2.42. The number of imide groups is 1. The second-order valence-electron chi connectivity index (χ2n) is 13.0. The van der Waals surface area contributed by atoms with Crippen LogP contribution in [0.25, 0.3) is 10.8 Å². The molecule has 0 radical (unpaired) electrons. The molecular formula is C37H27Cl2N3O5S2. The van der Waals surface area contributed by atoms with Crippen molar-refractivity contribution < 1.29 is 19.1 Å². The first-order valence-corrected chi connectivity index (χ1v) is 18.4. The van der Waals surface area contributed by atoms with Gasteiger partial charge in [-0.25, -0.2) is 0 Å². The first-order valence-electron chi connectivity index (χ1n) is 16.0. The third-order valence-corrected chi connectivity index (χ3v) is 13.6. The van der Waals surface area contributed by atoms with E-state index >= 15 is 0 Å². The van der Waals surface area contributed by atoms with Crippen molar-refractivity contribution in [2.24, 2.45) is 29.6 Å². The molecule has 246 valence electrons. The van der Waals surface area contributed by atoms with Crippen molar-refractivity contribution >= 4 is 86.2 Å². The zero-order chi connectivity index (χ0) is 33.6. The van der Waals surface area contributed by atoms with Gasteiger partial charge in [0.1, 0.15) is 5.75 Å². The number of aromatic nitrogens is 1. The number of rotatable bonds is 6. The van der Waals surface area contributed by atoms with Crippen LogP contribution in [0.4, 0.5) is 11.4 Å². The van der Waals surface area contributed by atoms with Gasteiger partial charge in [0, 0.05) is 42.7 Å². The largest absolute Gasteiger partial charge is 0.483 e. The predicted octanol–water partition coefficient (Wildman–Crippen LogP) is 7.59. The molecule has 1 aromatic heterocycles. The van der Waals surface area contributed by atoms with Crippen molar-refractivity contribution in [3.63, 3.8) is 0 Å². The maximum atomic E-state index is 14.1. The Morgan fingerprint density at radius 3 is 2.45 bits per heavy atom. The van der Waals surface area contributed by atoms with Gasteiger partial charge in [-0.05, 0) is 78.1 Å². The molecule has 3 heterocycles. The normalized spacial score (nSPS) is 26.5. The molecule has 2 aliphatic heterocycles. The second-order valence-corrected chi connectivity index (χ2v) is 16.1. The molecule has 9 rings (SSSR count). The summed E-state index contributed by atoms with van der Waals surface area (Å²) in [7, 11) is 0. The fourth-order valence-corrected chi connectivity index (χ4v) is 12.0. The number of benzene rings is 4. The number of halogens is 2. The molecule has 1 saturated heterocycles. The van der Waals surface area contributed by atoms with Crippen molar-refractivity contribution in [1.82, 2.24) is 4.98 Å². The van der Waals surface area contributed by atoms with Crippen LogP contribution >= 0.6 is 46.3 Å². The number of ether oxygens (including phenoxy) is 1. The number of nitrogens with zero attached hydrogens (tertiary/aromatic N) is 1. The van der Waals surface area contributed by atoms with E-state index in [1.165, 1.54) is 4.90 Å². The van der Waals surface area contributed by atoms with Crippen molar-refractivity contribution in [3.8, 4) is 5.75 Å². The minimum absolute atomic E-state index is 0.0163. The van der Waals surface area contributed by atoms with E-state index in [1.54, 1.807) is 48.2 Å². The highest BCUT2D eigenvalue weighted by molar-refractivity contribution is 8.00. The van der Waals surface area contributed by atoms with E-state index in [-0.39, 0.29) is 58.1 Å². The molecule has 2 saturated carbocycles. The lowest BCUT2D eigenvalue weighted by atomic mass is 9.68. The molecule has 4 unspecified atom stereocenters. The summed E-state index contributed by atoms with van der Waals surface area (Å²) < 4.78 is 6.25. The molecule has 4 aliphatic rings. The summed E-state index contributed by atoms with van der Waals surface area (Å²) in [4.78, 5) is 59.1. The van der Waals surface area contributed by atoms with Crippen LogP contribution in [0.5, 0.6) is 5.75 Å². The highest BCUT2D eigenvalue weighted by Crippen LogP contribution is 2.69. The predicted molar refractivity (Wildman–Crippen MR) is 192 cm³/mol. The van der Waals surface area contributed by atoms with Crippen LogP contribution in [0.3, 0.4) is 0 Å². The summed E-state index contributed by atoms with van der Waals surface area (Å²) in [6, 6.07) is 25.7. The zero-order valence-electron chi connectivity index (χ0n) is 25.6. The summed E-state index contributed by atoms with van der Waals surface area (Å²) >= 11 is 15.5. The standard InChI is InChI=1S/C37H27Cl2N3O5S2/c38-18-8-11-20(12-9-18)42-35(44)30-23-15-24(31(30)36(42)45)32-29(23)28(33-34(48-32)41-37(46)49-33)22-14-19(39)10-13-26(22)47-16-27(43)40-25-7-3-5-17-4-1-2-6-21(17)25/h1-14,23-24,28-32H,15-16H2,(H,40,43)(H,41,46)/t23-,24-,28-,29?,30?,31?,32?/m1/s1. The maximum Gasteiger partial charge on any atom is 0.305 e. The molecule has 3 fully saturated rings. The van der Waals surface area contributed by atoms with Crippen LogP contribution in [0, 0.1) is 29.6 Å². The Balaban J connectivity index is 1.05. The number of aromatic amines is 1. The minimum atomic E-state index is -0.468. The number of hydrogen-bond acceptors (Lipinski definition) is 7. The Kier molecular flexibility index (Phi) is 7.42.